The minimum atomic E-state index is -0.871. The van der Waals surface area contributed by atoms with Crippen LogP contribution in [0.1, 0.15) is 62.8 Å². The van der Waals surface area contributed by atoms with Crippen molar-refractivity contribution >= 4 is 88.5 Å². The lowest BCUT2D eigenvalue weighted by molar-refractivity contribution is -0.141. The summed E-state index contributed by atoms with van der Waals surface area (Å²) >= 11 is 0. The van der Waals surface area contributed by atoms with Crippen LogP contribution in [0.15, 0.2) is 182 Å². The van der Waals surface area contributed by atoms with Crippen LogP contribution in [0.5, 0.6) is 0 Å². The van der Waals surface area contributed by atoms with Gasteiger partial charge in [0.1, 0.15) is 13.2 Å². The predicted octanol–water partition coefficient (Wildman–Crippen LogP) is 15.4. The number of ether oxygens (including phenoxy) is 4. The summed E-state index contributed by atoms with van der Waals surface area (Å²) in [6.45, 7) is 22.3. The number of hydrogen-bond donors (Lipinski definition) is 0. The Kier molecular flexibility index (Phi) is 12.6. The quantitative estimate of drug-likeness (QED) is 0.0292. The van der Waals surface area contributed by atoms with Gasteiger partial charge in [-0.25, -0.2) is 19.2 Å². The van der Waals surface area contributed by atoms with Crippen LogP contribution in [-0.2, 0) is 56.6 Å². The highest BCUT2D eigenvalue weighted by Crippen LogP contribution is 2.55. The van der Waals surface area contributed by atoms with Crippen LogP contribution in [0.25, 0.3) is 98.0 Å². The van der Waals surface area contributed by atoms with E-state index in [0.29, 0.717) is 41.6 Å². The largest absolute Gasteiger partial charge is 0.462 e. The summed E-state index contributed by atoms with van der Waals surface area (Å²) in [5, 5.41) is 13.4. The average Bonchev–Trinajstić information content (AvgIpc) is 3.76. The minimum Gasteiger partial charge on any atom is -0.462 e. The van der Waals surface area contributed by atoms with Crippen LogP contribution in [0.2, 0.25) is 0 Å². The Morgan fingerprint density at radius 3 is 1.29 bits per heavy atom. The van der Waals surface area contributed by atoms with E-state index in [1.165, 1.54) is 10.8 Å². The Morgan fingerprint density at radius 2 is 0.803 bits per heavy atom. The Bertz CT molecular complexity index is 4100. The first-order chi connectivity index (χ1) is 36.6. The van der Waals surface area contributed by atoms with Crippen LogP contribution in [0.3, 0.4) is 0 Å². The number of rotatable bonds is 17. The zero-order valence-electron chi connectivity index (χ0n) is 43.2. The molecule has 1 unspecified atom stereocenters. The Morgan fingerprint density at radius 1 is 0.408 bits per heavy atom. The van der Waals surface area contributed by atoms with Crippen molar-refractivity contribution in [3.8, 4) is 33.4 Å². The summed E-state index contributed by atoms with van der Waals surface area (Å²) in [5.74, 6) is -1.75. The number of carbonyl (C=O) groups is 4. The van der Waals surface area contributed by atoms with E-state index >= 15 is 0 Å². The molecule has 1 aliphatic rings. The molecule has 10 aromatic rings. The van der Waals surface area contributed by atoms with E-state index in [2.05, 4.69) is 160 Å². The van der Waals surface area contributed by atoms with E-state index in [-0.39, 0.29) is 32.4 Å². The third kappa shape index (κ3) is 8.63. The minimum absolute atomic E-state index is 0.0235. The van der Waals surface area contributed by atoms with E-state index in [1.807, 2.05) is 0 Å². The molecule has 0 spiro atoms. The van der Waals surface area contributed by atoms with Crippen LogP contribution >= 0.6 is 0 Å². The lowest BCUT2D eigenvalue weighted by Gasteiger charge is -2.32. The molecule has 0 aromatic heterocycles. The van der Waals surface area contributed by atoms with Gasteiger partial charge in [-0.1, -0.05) is 136 Å². The van der Waals surface area contributed by atoms with E-state index in [1.54, 1.807) is 27.7 Å². The van der Waals surface area contributed by atoms with Crippen molar-refractivity contribution in [3.05, 3.63) is 204 Å². The van der Waals surface area contributed by atoms with Crippen molar-refractivity contribution in [3.63, 3.8) is 0 Å². The van der Waals surface area contributed by atoms with Crippen LogP contribution in [0, 0.1) is 0 Å². The van der Waals surface area contributed by atoms with Gasteiger partial charge in [-0.15, -0.1) is 0 Å². The Balaban J connectivity index is 1.04. The number of esters is 4. The van der Waals surface area contributed by atoms with Crippen molar-refractivity contribution in [2.24, 2.45) is 0 Å². The van der Waals surface area contributed by atoms with Gasteiger partial charge in [0.15, 0.2) is 0 Å². The zero-order valence-corrected chi connectivity index (χ0v) is 43.2. The average molecular weight is 1000 g/mol. The molecule has 0 aliphatic heterocycles. The summed E-state index contributed by atoms with van der Waals surface area (Å²) < 4.78 is 23.0. The van der Waals surface area contributed by atoms with Crippen LogP contribution in [-0.4, -0.2) is 43.7 Å². The molecule has 0 amide bonds. The van der Waals surface area contributed by atoms with Gasteiger partial charge in [0.2, 0.25) is 0 Å². The van der Waals surface area contributed by atoms with Crippen LogP contribution in [0.4, 0.5) is 0 Å². The van der Waals surface area contributed by atoms with Crippen molar-refractivity contribution in [2.45, 2.75) is 59.0 Å². The molecule has 1 atom stereocenters. The summed E-state index contributed by atoms with van der Waals surface area (Å²) in [5.41, 5.74) is 10.7. The van der Waals surface area contributed by atoms with Crippen molar-refractivity contribution in [2.75, 3.05) is 19.8 Å². The van der Waals surface area contributed by atoms with Gasteiger partial charge < -0.3 is 18.9 Å². The molecule has 8 nitrogen and oxygen atoms in total. The first-order valence-electron chi connectivity index (χ1n) is 25.6. The molecule has 1 aliphatic carbocycles. The van der Waals surface area contributed by atoms with Crippen LogP contribution < -0.4 is 0 Å². The second kappa shape index (κ2) is 19.4. The van der Waals surface area contributed by atoms with E-state index in [0.717, 1.165) is 109 Å². The van der Waals surface area contributed by atoms with Gasteiger partial charge in [0.25, 0.3) is 0 Å². The highest BCUT2D eigenvalue weighted by molar-refractivity contribution is 6.27. The fourth-order valence-corrected chi connectivity index (χ4v) is 11.5. The first-order valence-corrected chi connectivity index (χ1v) is 25.6. The van der Waals surface area contributed by atoms with Crippen molar-refractivity contribution in [1.29, 1.82) is 0 Å². The topological polar surface area (TPSA) is 105 Å². The van der Waals surface area contributed by atoms with E-state index in [4.69, 9.17) is 18.9 Å². The van der Waals surface area contributed by atoms with Crippen molar-refractivity contribution in [1.82, 2.24) is 0 Å². The SMILES string of the molecule is C=C(C)C(=O)OCCCC1(COC(=O)C(=C)C)c2cc(-c3ccc4ccc5cc(CCOC(=O)C(=C)C)cc6ccc3c4c56)ccc2-c2ccc(-c3ccc4ccc5cc(COC(=O)C(=C)C)cc6ccc3c4c56)cc21. The fourth-order valence-electron chi connectivity index (χ4n) is 11.5. The maximum Gasteiger partial charge on any atom is 0.333 e. The molecular weight excluding hydrogens is 945 g/mol. The molecule has 76 heavy (non-hydrogen) atoms. The lowest BCUT2D eigenvalue weighted by Crippen LogP contribution is -2.33. The maximum absolute atomic E-state index is 13.6. The normalized spacial score (nSPS) is 13.8. The zero-order chi connectivity index (χ0) is 53.2. The van der Waals surface area contributed by atoms with Gasteiger partial charge in [-0.05, 0) is 185 Å². The predicted molar refractivity (Wildman–Crippen MR) is 306 cm³/mol. The third-order valence-corrected chi connectivity index (χ3v) is 15.1. The number of hydrogen-bond acceptors (Lipinski definition) is 8. The Labute approximate surface area is 441 Å². The second-order valence-electron chi connectivity index (χ2n) is 20.6. The van der Waals surface area contributed by atoms with Gasteiger partial charge in [0, 0.05) is 28.7 Å². The molecular formula is C68H56O8. The number of benzene rings is 10. The molecule has 0 N–H and O–H groups in total. The monoisotopic (exact) mass is 1000 g/mol. The fraction of sp³-hybridized carbons (Fsp3) is 0.176. The molecule has 0 saturated heterocycles. The lowest BCUT2D eigenvalue weighted by atomic mass is 9.74. The van der Waals surface area contributed by atoms with Gasteiger partial charge in [-0.2, -0.15) is 0 Å². The third-order valence-electron chi connectivity index (χ3n) is 15.1. The maximum atomic E-state index is 13.6. The molecule has 8 heteroatoms. The standard InChI is InChI=1S/C68H56O8/c1-38(2)64(69)73-28-9-27-68(37-76-67(72)41(7)8)58-34-46(52-20-14-44-10-12-48-30-42(26-29-74-65(70)39(3)4)31-50-18-24-56(52)62(44)60(48)50)16-22-54(58)55-23-17-47(35-59(55)68)53-21-15-45-11-13-49-32-43(36-75-66(71)40(5)6)33-51-19-25-57(53)63(45)61(49)51/h10-25,30-35H,1,3,5,7,9,26-29,36-37H2,2,4,6,8H3. The summed E-state index contributed by atoms with van der Waals surface area (Å²) in [6.07, 6.45) is 1.54. The van der Waals surface area contributed by atoms with Gasteiger partial charge >= 0.3 is 23.9 Å². The highest BCUT2D eigenvalue weighted by atomic mass is 16.5. The second-order valence-corrected chi connectivity index (χ2v) is 20.6. The highest BCUT2D eigenvalue weighted by Gasteiger charge is 2.45. The number of carbonyl (C=O) groups excluding carboxylic acids is 4. The first kappa shape index (κ1) is 49.3. The molecule has 0 bridgehead atoms. The number of fused-ring (bicyclic) bond motifs is 3. The molecule has 10 aromatic carbocycles. The molecule has 11 rings (SSSR count). The summed E-state index contributed by atoms with van der Waals surface area (Å²) in [6, 6.07) is 47.9. The molecule has 376 valence electrons. The molecule has 0 radical (unpaired) electrons. The van der Waals surface area contributed by atoms with Gasteiger partial charge in [0.05, 0.1) is 18.6 Å². The van der Waals surface area contributed by atoms with Gasteiger partial charge in [-0.3, -0.25) is 0 Å². The smallest absolute Gasteiger partial charge is 0.333 e. The molecule has 0 saturated carbocycles. The summed E-state index contributed by atoms with van der Waals surface area (Å²) in [7, 11) is 0. The molecule has 0 fully saturated rings. The van der Waals surface area contributed by atoms with Crippen molar-refractivity contribution < 1.29 is 38.1 Å². The molecule has 0 heterocycles. The van der Waals surface area contributed by atoms with E-state index < -0.39 is 23.3 Å². The Hall–Kier alpha value is -8.88. The summed E-state index contributed by atoms with van der Waals surface area (Å²) in [4.78, 5) is 50.7. The van der Waals surface area contributed by atoms with E-state index in [9.17, 15) is 19.2 Å².